The van der Waals surface area contributed by atoms with E-state index in [-0.39, 0.29) is 17.7 Å². The number of hydrogen-bond donors (Lipinski definition) is 0. The Morgan fingerprint density at radius 1 is 1.04 bits per heavy atom. The van der Waals surface area contributed by atoms with E-state index in [1.807, 2.05) is 22.8 Å². The Labute approximate surface area is 170 Å². The summed E-state index contributed by atoms with van der Waals surface area (Å²) in [6.45, 7) is 7.08. The maximum atomic E-state index is 13.0. The van der Waals surface area contributed by atoms with Gasteiger partial charge in [-0.3, -0.25) is 9.59 Å². The van der Waals surface area contributed by atoms with Gasteiger partial charge in [-0.2, -0.15) is 0 Å². The van der Waals surface area contributed by atoms with E-state index in [0.29, 0.717) is 35.4 Å². The lowest BCUT2D eigenvalue weighted by Gasteiger charge is -2.36. The van der Waals surface area contributed by atoms with Gasteiger partial charge in [-0.1, -0.05) is 18.5 Å². The summed E-state index contributed by atoms with van der Waals surface area (Å²) in [6.07, 6.45) is 3.64. The molecule has 2 aliphatic rings. The summed E-state index contributed by atoms with van der Waals surface area (Å²) in [5.74, 6) is 1.31. The first kappa shape index (κ1) is 19.3. The second-order valence-electron chi connectivity index (χ2n) is 8.27. The number of nitrogens with zero attached hydrogens (tertiary/aromatic N) is 2. The van der Waals surface area contributed by atoms with Crippen LogP contribution in [0.25, 0.3) is 11.0 Å². The molecule has 6 heteroatoms. The SMILES string of the molecule is Cc1c(C(=O)N2CCC(C(=O)N3CCC(C)CC3)CC2)oc2ccc(Cl)cc12. The average Bonchev–Trinajstić information content (AvgIpc) is 3.03. The molecule has 150 valence electrons. The number of furan rings is 1. The van der Waals surface area contributed by atoms with Gasteiger partial charge in [-0.15, -0.1) is 0 Å². The second kappa shape index (κ2) is 7.78. The molecule has 4 rings (SSSR count). The molecule has 1 aromatic carbocycles. The highest BCUT2D eigenvalue weighted by molar-refractivity contribution is 6.31. The summed E-state index contributed by atoms with van der Waals surface area (Å²) < 4.78 is 5.82. The number of halogens is 1. The molecular weight excluding hydrogens is 376 g/mol. The van der Waals surface area contributed by atoms with Crippen LogP contribution in [0.15, 0.2) is 22.6 Å². The summed E-state index contributed by atoms with van der Waals surface area (Å²) >= 11 is 6.07. The van der Waals surface area contributed by atoms with Crippen molar-refractivity contribution in [3.63, 3.8) is 0 Å². The maximum Gasteiger partial charge on any atom is 0.289 e. The predicted octanol–water partition coefficient (Wildman–Crippen LogP) is 4.51. The van der Waals surface area contributed by atoms with Crippen LogP contribution >= 0.6 is 11.6 Å². The lowest BCUT2D eigenvalue weighted by atomic mass is 9.92. The molecule has 2 aromatic rings. The molecule has 0 N–H and O–H groups in total. The van der Waals surface area contributed by atoms with Crippen molar-refractivity contribution in [2.75, 3.05) is 26.2 Å². The van der Waals surface area contributed by atoms with Crippen LogP contribution in [0.1, 0.15) is 48.7 Å². The quantitative estimate of drug-likeness (QED) is 0.742. The van der Waals surface area contributed by atoms with Crippen molar-refractivity contribution in [3.8, 4) is 0 Å². The largest absolute Gasteiger partial charge is 0.451 e. The summed E-state index contributed by atoms with van der Waals surface area (Å²) in [4.78, 5) is 29.6. The Hall–Kier alpha value is -2.01. The van der Waals surface area contributed by atoms with E-state index in [1.165, 1.54) is 0 Å². The van der Waals surface area contributed by atoms with Crippen molar-refractivity contribution in [1.82, 2.24) is 9.80 Å². The van der Waals surface area contributed by atoms with Crippen molar-refractivity contribution >= 4 is 34.4 Å². The highest BCUT2D eigenvalue weighted by Gasteiger charge is 2.33. The van der Waals surface area contributed by atoms with Gasteiger partial charge in [-0.05, 0) is 56.7 Å². The van der Waals surface area contributed by atoms with Gasteiger partial charge < -0.3 is 14.2 Å². The van der Waals surface area contributed by atoms with Gasteiger partial charge in [0.25, 0.3) is 5.91 Å². The Kier molecular flexibility index (Phi) is 5.37. The predicted molar refractivity (Wildman–Crippen MR) is 110 cm³/mol. The third kappa shape index (κ3) is 3.64. The minimum absolute atomic E-state index is 0.0352. The molecule has 0 aliphatic carbocycles. The van der Waals surface area contributed by atoms with Crippen LogP contribution in [0.3, 0.4) is 0 Å². The molecule has 3 heterocycles. The topological polar surface area (TPSA) is 53.8 Å². The third-order valence-electron chi connectivity index (χ3n) is 6.32. The Morgan fingerprint density at radius 2 is 1.68 bits per heavy atom. The minimum atomic E-state index is -0.0949. The molecule has 28 heavy (non-hydrogen) atoms. The number of carbonyl (C=O) groups excluding carboxylic acids is 2. The molecule has 5 nitrogen and oxygen atoms in total. The Morgan fingerprint density at radius 3 is 2.36 bits per heavy atom. The molecule has 1 aromatic heterocycles. The van der Waals surface area contributed by atoms with E-state index < -0.39 is 0 Å². The van der Waals surface area contributed by atoms with Gasteiger partial charge >= 0.3 is 0 Å². The average molecular weight is 403 g/mol. The normalized spacial score (nSPS) is 19.4. The molecule has 0 saturated carbocycles. The number of carbonyl (C=O) groups is 2. The fourth-order valence-electron chi connectivity index (χ4n) is 4.36. The number of piperidine rings is 2. The molecule has 0 atom stereocenters. The molecule has 0 spiro atoms. The number of likely N-dealkylation sites (tertiary alicyclic amines) is 2. The van der Waals surface area contributed by atoms with Gasteiger partial charge in [0.1, 0.15) is 5.58 Å². The van der Waals surface area contributed by atoms with E-state index in [1.54, 1.807) is 12.1 Å². The molecule has 2 fully saturated rings. The number of aryl methyl sites for hydroxylation is 1. The van der Waals surface area contributed by atoms with Crippen LogP contribution in [-0.2, 0) is 4.79 Å². The lowest BCUT2D eigenvalue weighted by molar-refractivity contribution is -0.138. The number of benzene rings is 1. The number of hydrogen-bond acceptors (Lipinski definition) is 3. The smallest absolute Gasteiger partial charge is 0.289 e. The first-order valence-corrected chi connectivity index (χ1v) is 10.6. The number of rotatable bonds is 2. The van der Waals surface area contributed by atoms with Crippen molar-refractivity contribution < 1.29 is 14.0 Å². The van der Waals surface area contributed by atoms with Crippen LogP contribution in [0.5, 0.6) is 0 Å². The zero-order chi connectivity index (χ0) is 19.8. The van der Waals surface area contributed by atoms with Crippen LogP contribution in [0, 0.1) is 18.8 Å². The molecule has 0 unspecified atom stereocenters. The van der Waals surface area contributed by atoms with Gasteiger partial charge in [0, 0.05) is 48.1 Å². The monoisotopic (exact) mass is 402 g/mol. The summed E-state index contributed by atoms with van der Waals surface area (Å²) in [5.41, 5.74) is 1.50. The standard InChI is InChI=1S/C22H27ClN2O3/c1-14-5-9-24(10-6-14)21(26)16-7-11-25(12-8-16)22(27)20-15(2)18-13-17(23)3-4-19(18)28-20/h3-4,13-14,16H,5-12H2,1-2H3. The Bertz CT molecular complexity index is 891. The zero-order valence-corrected chi connectivity index (χ0v) is 17.3. The van der Waals surface area contributed by atoms with Crippen molar-refractivity contribution in [3.05, 3.63) is 34.5 Å². The highest BCUT2D eigenvalue weighted by atomic mass is 35.5. The number of amides is 2. The fraction of sp³-hybridized carbons (Fsp3) is 0.545. The molecule has 0 radical (unpaired) electrons. The minimum Gasteiger partial charge on any atom is -0.451 e. The Balaban J connectivity index is 1.40. The molecule has 2 amide bonds. The van der Waals surface area contributed by atoms with Crippen molar-refractivity contribution in [2.45, 2.75) is 39.5 Å². The van der Waals surface area contributed by atoms with Crippen molar-refractivity contribution in [2.24, 2.45) is 11.8 Å². The van der Waals surface area contributed by atoms with E-state index >= 15 is 0 Å². The van der Waals surface area contributed by atoms with Crippen LogP contribution < -0.4 is 0 Å². The molecule has 2 saturated heterocycles. The van der Waals surface area contributed by atoms with E-state index in [9.17, 15) is 9.59 Å². The summed E-state index contributed by atoms with van der Waals surface area (Å²) in [5, 5.41) is 1.50. The van der Waals surface area contributed by atoms with Gasteiger partial charge in [0.2, 0.25) is 5.91 Å². The number of fused-ring (bicyclic) bond motifs is 1. The summed E-state index contributed by atoms with van der Waals surface area (Å²) in [6, 6.07) is 5.39. The highest BCUT2D eigenvalue weighted by Crippen LogP contribution is 2.30. The van der Waals surface area contributed by atoms with Crippen molar-refractivity contribution in [1.29, 1.82) is 0 Å². The summed E-state index contributed by atoms with van der Waals surface area (Å²) in [7, 11) is 0. The maximum absolute atomic E-state index is 13.0. The van der Waals surface area contributed by atoms with Gasteiger partial charge in [0.05, 0.1) is 0 Å². The first-order valence-electron chi connectivity index (χ1n) is 10.2. The van der Waals surface area contributed by atoms with E-state index in [4.69, 9.17) is 16.0 Å². The zero-order valence-electron chi connectivity index (χ0n) is 16.5. The molecule has 0 bridgehead atoms. The van der Waals surface area contributed by atoms with Crippen LogP contribution in [0.4, 0.5) is 0 Å². The second-order valence-corrected chi connectivity index (χ2v) is 8.71. The van der Waals surface area contributed by atoms with Crippen LogP contribution in [-0.4, -0.2) is 47.8 Å². The van der Waals surface area contributed by atoms with E-state index in [2.05, 4.69) is 6.92 Å². The van der Waals surface area contributed by atoms with E-state index in [0.717, 1.165) is 49.7 Å². The van der Waals surface area contributed by atoms with Gasteiger partial charge in [-0.25, -0.2) is 0 Å². The molecular formula is C22H27ClN2O3. The fourth-order valence-corrected chi connectivity index (χ4v) is 4.53. The third-order valence-corrected chi connectivity index (χ3v) is 6.55. The van der Waals surface area contributed by atoms with Crippen LogP contribution in [0.2, 0.25) is 5.02 Å². The molecule has 2 aliphatic heterocycles. The lowest BCUT2D eigenvalue weighted by Crippen LogP contribution is -2.46. The first-order chi connectivity index (χ1) is 13.4. The van der Waals surface area contributed by atoms with Gasteiger partial charge in [0.15, 0.2) is 5.76 Å².